The molecule has 2 saturated heterocycles. The number of hydrogen-bond acceptors (Lipinski definition) is 4. The molecule has 5 heteroatoms. The van der Waals surface area contributed by atoms with Crippen LogP contribution in [0.1, 0.15) is 40.0 Å². The lowest BCUT2D eigenvalue weighted by atomic mass is 9.93. The Balaban J connectivity index is 1.84. The molecule has 0 aliphatic carbocycles. The van der Waals surface area contributed by atoms with E-state index in [1.165, 1.54) is 0 Å². The summed E-state index contributed by atoms with van der Waals surface area (Å²) in [5, 5.41) is 9.68. The van der Waals surface area contributed by atoms with Crippen LogP contribution >= 0.6 is 0 Å². The third-order valence-electron chi connectivity index (χ3n) is 3.69. The van der Waals surface area contributed by atoms with Crippen molar-refractivity contribution in [1.29, 1.82) is 0 Å². The predicted octanol–water partition coefficient (Wildman–Crippen LogP) is 1.78. The summed E-state index contributed by atoms with van der Waals surface area (Å²) in [7, 11) is 0. The summed E-state index contributed by atoms with van der Waals surface area (Å²) < 4.78 is 11.1. The Kier molecular flexibility index (Phi) is 4.36. The molecule has 1 amide bonds. The van der Waals surface area contributed by atoms with Gasteiger partial charge in [0, 0.05) is 25.6 Å². The Bertz CT molecular complexity index is 326. The zero-order chi connectivity index (χ0) is 14.0. The van der Waals surface area contributed by atoms with Crippen LogP contribution in [0.5, 0.6) is 0 Å². The molecule has 2 rings (SSSR count). The first kappa shape index (κ1) is 14.6. The molecule has 0 unspecified atom stereocenters. The maximum absolute atomic E-state index is 12.0. The van der Waals surface area contributed by atoms with Crippen LogP contribution in [-0.4, -0.2) is 53.6 Å². The van der Waals surface area contributed by atoms with E-state index in [4.69, 9.17) is 9.47 Å². The highest BCUT2D eigenvalue weighted by Crippen LogP contribution is 2.28. The highest BCUT2D eigenvalue weighted by atomic mass is 16.6. The van der Waals surface area contributed by atoms with Crippen molar-refractivity contribution in [3.8, 4) is 0 Å². The van der Waals surface area contributed by atoms with Crippen molar-refractivity contribution < 1.29 is 19.4 Å². The van der Waals surface area contributed by atoms with E-state index < -0.39 is 5.60 Å². The number of ether oxygens (including phenoxy) is 2. The van der Waals surface area contributed by atoms with Gasteiger partial charge >= 0.3 is 6.09 Å². The van der Waals surface area contributed by atoms with Crippen LogP contribution in [-0.2, 0) is 9.47 Å². The summed E-state index contributed by atoms with van der Waals surface area (Å²) in [4.78, 5) is 13.7. The second-order valence-corrected chi connectivity index (χ2v) is 6.56. The van der Waals surface area contributed by atoms with Crippen molar-refractivity contribution in [1.82, 2.24) is 4.90 Å². The number of rotatable bonds is 1. The van der Waals surface area contributed by atoms with Gasteiger partial charge in [0.15, 0.2) is 0 Å². The number of amides is 1. The molecule has 0 bridgehead atoms. The molecule has 19 heavy (non-hydrogen) atoms. The maximum atomic E-state index is 12.0. The summed E-state index contributed by atoms with van der Waals surface area (Å²) in [6, 6.07) is 0. The van der Waals surface area contributed by atoms with Crippen LogP contribution < -0.4 is 0 Å². The first-order chi connectivity index (χ1) is 8.85. The normalized spacial score (nSPS) is 32.4. The van der Waals surface area contributed by atoms with Gasteiger partial charge in [-0.05, 0) is 40.0 Å². The number of aliphatic hydroxyl groups excluding tert-OH is 1. The van der Waals surface area contributed by atoms with Gasteiger partial charge in [0.05, 0.1) is 12.2 Å². The minimum Gasteiger partial charge on any atom is -0.444 e. The first-order valence-electron chi connectivity index (χ1n) is 7.13. The van der Waals surface area contributed by atoms with E-state index in [1.807, 2.05) is 20.8 Å². The Labute approximate surface area is 114 Å². The zero-order valence-corrected chi connectivity index (χ0v) is 12.1. The molecule has 0 aromatic carbocycles. The summed E-state index contributed by atoms with van der Waals surface area (Å²) in [5.41, 5.74) is -0.452. The highest BCUT2D eigenvalue weighted by molar-refractivity contribution is 5.68. The summed E-state index contributed by atoms with van der Waals surface area (Å²) >= 11 is 0. The topological polar surface area (TPSA) is 59.0 Å². The quantitative estimate of drug-likeness (QED) is 0.790. The second kappa shape index (κ2) is 5.67. The largest absolute Gasteiger partial charge is 0.444 e. The average molecular weight is 271 g/mol. The van der Waals surface area contributed by atoms with Crippen molar-refractivity contribution in [3.63, 3.8) is 0 Å². The molecule has 0 saturated carbocycles. The van der Waals surface area contributed by atoms with Crippen LogP contribution in [0.4, 0.5) is 4.79 Å². The van der Waals surface area contributed by atoms with E-state index in [1.54, 1.807) is 4.90 Å². The fraction of sp³-hybridized carbons (Fsp3) is 0.929. The van der Waals surface area contributed by atoms with Crippen LogP contribution in [0.2, 0.25) is 0 Å². The van der Waals surface area contributed by atoms with E-state index in [0.717, 1.165) is 19.4 Å². The molecule has 0 spiro atoms. The van der Waals surface area contributed by atoms with E-state index in [9.17, 15) is 9.90 Å². The predicted molar refractivity (Wildman–Crippen MR) is 70.9 cm³/mol. The Morgan fingerprint density at radius 3 is 2.74 bits per heavy atom. The van der Waals surface area contributed by atoms with Crippen molar-refractivity contribution in [2.24, 2.45) is 5.92 Å². The smallest absolute Gasteiger partial charge is 0.410 e. The molecule has 0 aromatic heterocycles. The second-order valence-electron chi connectivity index (χ2n) is 6.56. The zero-order valence-electron chi connectivity index (χ0n) is 12.1. The number of carbonyl (C=O) groups excluding carboxylic acids is 1. The van der Waals surface area contributed by atoms with Gasteiger partial charge in [-0.1, -0.05) is 0 Å². The molecule has 2 heterocycles. The Morgan fingerprint density at radius 2 is 2.11 bits per heavy atom. The summed E-state index contributed by atoms with van der Waals surface area (Å²) in [5.74, 6) is 0.322. The lowest BCUT2D eigenvalue weighted by molar-refractivity contribution is -0.0671. The third-order valence-corrected chi connectivity index (χ3v) is 3.69. The Morgan fingerprint density at radius 1 is 1.37 bits per heavy atom. The maximum Gasteiger partial charge on any atom is 0.410 e. The number of likely N-dealkylation sites (tertiary alicyclic amines) is 1. The molecule has 1 N–H and O–H groups in total. The average Bonchev–Trinajstić information content (AvgIpc) is 2.75. The van der Waals surface area contributed by atoms with E-state index in [0.29, 0.717) is 25.5 Å². The van der Waals surface area contributed by atoms with Crippen molar-refractivity contribution in [2.75, 3.05) is 19.7 Å². The van der Waals surface area contributed by atoms with Crippen LogP contribution in [0.3, 0.4) is 0 Å². The number of carbonyl (C=O) groups is 1. The van der Waals surface area contributed by atoms with Gasteiger partial charge in [-0.3, -0.25) is 0 Å². The standard InChI is InChI=1S/C14H25NO4/c1-14(2,3)19-13(17)15-6-4-10(9-15)12-8-11(16)5-7-18-12/h10-12,16H,4-9H2,1-3H3/t10-,11+,12-/m0/s1. The van der Waals surface area contributed by atoms with E-state index in [2.05, 4.69) is 0 Å². The fourth-order valence-electron chi connectivity index (χ4n) is 2.72. The molecule has 2 aliphatic heterocycles. The van der Waals surface area contributed by atoms with Gasteiger partial charge in [0.2, 0.25) is 0 Å². The van der Waals surface area contributed by atoms with Crippen molar-refractivity contribution >= 4 is 6.09 Å². The van der Waals surface area contributed by atoms with Gasteiger partial charge in [-0.2, -0.15) is 0 Å². The van der Waals surface area contributed by atoms with Crippen molar-refractivity contribution in [3.05, 3.63) is 0 Å². The minimum atomic E-state index is -0.452. The molecule has 110 valence electrons. The Hall–Kier alpha value is -0.810. The van der Waals surface area contributed by atoms with E-state index in [-0.39, 0.29) is 18.3 Å². The van der Waals surface area contributed by atoms with Crippen LogP contribution in [0, 0.1) is 5.92 Å². The molecular weight excluding hydrogens is 246 g/mol. The molecule has 2 fully saturated rings. The monoisotopic (exact) mass is 271 g/mol. The lowest BCUT2D eigenvalue weighted by Gasteiger charge is -2.31. The summed E-state index contributed by atoms with van der Waals surface area (Å²) in [6.45, 7) is 7.63. The number of nitrogens with zero attached hydrogens (tertiary/aromatic N) is 1. The molecular formula is C14H25NO4. The lowest BCUT2D eigenvalue weighted by Crippen LogP contribution is -2.38. The van der Waals surface area contributed by atoms with Gasteiger partial charge in [0.25, 0.3) is 0 Å². The third kappa shape index (κ3) is 4.08. The fourth-order valence-corrected chi connectivity index (χ4v) is 2.72. The highest BCUT2D eigenvalue weighted by Gasteiger charge is 2.36. The van der Waals surface area contributed by atoms with Gasteiger partial charge < -0.3 is 19.5 Å². The van der Waals surface area contributed by atoms with Crippen LogP contribution in [0.25, 0.3) is 0 Å². The SMILES string of the molecule is CC(C)(C)OC(=O)N1CC[C@H]([C@@H]2C[C@H](O)CCO2)C1. The van der Waals surface area contributed by atoms with E-state index >= 15 is 0 Å². The molecule has 2 aliphatic rings. The minimum absolute atomic E-state index is 0.0798. The van der Waals surface area contributed by atoms with Crippen LogP contribution in [0.15, 0.2) is 0 Å². The molecule has 0 aromatic rings. The molecule has 5 nitrogen and oxygen atoms in total. The van der Waals surface area contributed by atoms with Gasteiger partial charge in [-0.25, -0.2) is 4.79 Å². The number of aliphatic hydroxyl groups is 1. The van der Waals surface area contributed by atoms with Crippen molar-refractivity contribution in [2.45, 2.75) is 57.8 Å². The van der Waals surface area contributed by atoms with Gasteiger partial charge in [0.1, 0.15) is 5.60 Å². The van der Waals surface area contributed by atoms with Gasteiger partial charge in [-0.15, -0.1) is 0 Å². The molecule has 0 radical (unpaired) electrons. The summed E-state index contributed by atoms with van der Waals surface area (Å²) in [6.07, 6.45) is 1.92. The molecule has 3 atom stereocenters. The number of hydrogen-bond donors (Lipinski definition) is 1. The first-order valence-corrected chi connectivity index (χ1v) is 7.13.